The number of piperidine rings is 1. The van der Waals surface area contributed by atoms with E-state index >= 15 is 0 Å². The topological polar surface area (TPSA) is 12.5 Å². The molecule has 1 heterocycles. The van der Waals surface area contributed by atoms with Gasteiger partial charge in [0.05, 0.1) is 12.2 Å². The third kappa shape index (κ3) is 5.04. The highest BCUT2D eigenvalue weighted by atomic mass is 16.5. The van der Waals surface area contributed by atoms with E-state index in [0.29, 0.717) is 12.2 Å². The van der Waals surface area contributed by atoms with Crippen LogP contribution in [-0.2, 0) is 4.74 Å². The summed E-state index contributed by atoms with van der Waals surface area (Å²) in [6, 6.07) is 0. The van der Waals surface area contributed by atoms with E-state index in [2.05, 4.69) is 32.6 Å². The molecule has 1 saturated carbocycles. The van der Waals surface area contributed by atoms with Crippen LogP contribution >= 0.6 is 0 Å². The SMILES string of the molecule is CCC(C)CC1CC(OC2CCN(CC(C)C)CC2)C1. The van der Waals surface area contributed by atoms with E-state index in [0.717, 1.165) is 17.8 Å². The minimum absolute atomic E-state index is 0.549. The average Bonchev–Trinajstić information content (AvgIpc) is 2.37. The molecule has 1 saturated heterocycles. The van der Waals surface area contributed by atoms with Crippen molar-refractivity contribution >= 4 is 0 Å². The Bertz CT molecular complexity index is 265. The standard InChI is InChI=1S/C18H35NO/c1-5-15(4)10-16-11-18(12-16)20-17-6-8-19(9-7-17)13-14(2)3/h14-18H,5-13H2,1-4H3. The number of rotatable bonds is 7. The molecule has 0 bridgehead atoms. The Morgan fingerprint density at radius 1 is 1.05 bits per heavy atom. The molecule has 2 rings (SSSR count). The largest absolute Gasteiger partial charge is 0.375 e. The molecule has 1 atom stereocenters. The summed E-state index contributed by atoms with van der Waals surface area (Å²) < 4.78 is 6.30. The smallest absolute Gasteiger partial charge is 0.0603 e. The van der Waals surface area contributed by atoms with Gasteiger partial charge in [0, 0.05) is 19.6 Å². The van der Waals surface area contributed by atoms with Gasteiger partial charge in [-0.25, -0.2) is 0 Å². The fraction of sp³-hybridized carbons (Fsp3) is 1.00. The van der Waals surface area contributed by atoms with Gasteiger partial charge < -0.3 is 9.64 Å². The fourth-order valence-corrected chi connectivity index (χ4v) is 3.73. The molecule has 1 aliphatic heterocycles. The van der Waals surface area contributed by atoms with Crippen molar-refractivity contribution in [3.63, 3.8) is 0 Å². The van der Waals surface area contributed by atoms with Gasteiger partial charge in [-0.05, 0) is 49.9 Å². The zero-order valence-electron chi connectivity index (χ0n) is 14.1. The van der Waals surface area contributed by atoms with Gasteiger partial charge in [0.2, 0.25) is 0 Å². The predicted octanol–water partition coefficient (Wildman–Crippen LogP) is 4.34. The highest BCUT2D eigenvalue weighted by molar-refractivity contribution is 4.83. The van der Waals surface area contributed by atoms with Gasteiger partial charge in [0.1, 0.15) is 0 Å². The summed E-state index contributed by atoms with van der Waals surface area (Å²) in [5.41, 5.74) is 0. The molecule has 0 aromatic carbocycles. The zero-order valence-corrected chi connectivity index (χ0v) is 14.1. The van der Waals surface area contributed by atoms with Crippen molar-refractivity contribution < 1.29 is 4.74 Å². The lowest BCUT2D eigenvalue weighted by molar-refractivity contribution is -0.0970. The molecule has 0 aromatic rings. The molecule has 1 unspecified atom stereocenters. The Kier molecular flexibility index (Phi) is 6.35. The quantitative estimate of drug-likeness (QED) is 0.688. The van der Waals surface area contributed by atoms with Crippen LogP contribution in [0.5, 0.6) is 0 Å². The first-order valence-electron chi connectivity index (χ1n) is 8.94. The molecule has 2 fully saturated rings. The summed E-state index contributed by atoms with van der Waals surface area (Å²) in [4.78, 5) is 2.61. The molecule has 2 heteroatoms. The maximum absolute atomic E-state index is 6.30. The second-order valence-corrected chi connectivity index (χ2v) is 7.74. The highest BCUT2D eigenvalue weighted by Gasteiger charge is 2.33. The Labute approximate surface area is 126 Å². The van der Waals surface area contributed by atoms with Gasteiger partial charge in [-0.3, -0.25) is 0 Å². The maximum Gasteiger partial charge on any atom is 0.0603 e. The monoisotopic (exact) mass is 281 g/mol. The Hall–Kier alpha value is -0.0800. The maximum atomic E-state index is 6.30. The Morgan fingerprint density at radius 3 is 2.25 bits per heavy atom. The van der Waals surface area contributed by atoms with E-state index in [1.807, 2.05) is 0 Å². The van der Waals surface area contributed by atoms with Gasteiger partial charge in [-0.15, -0.1) is 0 Å². The van der Waals surface area contributed by atoms with Crippen molar-refractivity contribution in [3.8, 4) is 0 Å². The first-order chi connectivity index (χ1) is 9.56. The van der Waals surface area contributed by atoms with E-state index < -0.39 is 0 Å². The molecule has 0 amide bonds. The first kappa shape index (κ1) is 16.3. The summed E-state index contributed by atoms with van der Waals surface area (Å²) in [5, 5.41) is 0. The Balaban J connectivity index is 1.56. The molecule has 0 N–H and O–H groups in total. The van der Waals surface area contributed by atoms with E-state index in [4.69, 9.17) is 4.74 Å². The molecule has 2 nitrogen and oxygen atoms in total. The van der Waals surface area contributed by atoms with E-state index in [9.17, 15) is 0 Å². The predicted molar refractivity (Wildman–Crippen MR) is 86.0 cm³/mol. The molecular weight excluding hydrogens is 246 g/mol. The zero-order chi connectivity index (χ0) is 14.5. The van der Waals surface area contributed by atoms with Gasteiger partial charge in [-0.2, -0.15) is 0 Å². The van der Waals surface area contributed by atoms with Crippen molar-refractivity contribution in [1.29, 1.82) is 0 Å². The van der Waals surface area contributed by atoms with E-state index in [1.165, 1.54) is 58.2 Å². The second-order valence-electron chi connectivity index (χ2n) is 7.74. The van der Waals surface area contributed by atoms with Crippen LogP contribution in [0.25, 0.3) is 0 Å². The van der Waals surface area contributed by atoms with Gasteiger partial charge in [-0.1, -0.05) is 34.1 Å². The van der Waals surface area contributed by atoms with Crippen molar-refractivity contribution in [3.05, 3.63) is 0 Å². The third-order valence-electron chi connectivity index (χ3n) is 5.17. The third-order valence-corrected chi connectivity index (χ3v) is 5.17. The average molecular weight is 281 g/mol. The minimum atomic E-state index is 0.549. The number of likely N-dealkylation sites (tertiary alicyclic amines) is 1. The van der Waals surface area contributed by atoms with E-state index in [-0.39, 0.29) is 0 Å². The van der Waals surface area contributed by atoms with Crippen LogP contribution in [0.3, 0.4) is 0 Å². The van der Waals surface area contributed by atoms with Crippen LogP contribution < -0.4 is 0 Å². The Morgan fingerprint density at radius 2 is 1.70 bits per heavy atom. The van der Waals surface area contributed by atoms with Crippen molar-refractivity contribution in [2.24, 2.45) is 17.8 Å². The van der Waals surface area contributed by atoms with Crippen LogP contribution in [0.4, 0.5) is 0 Å². The molecule has 0 radical (unpaired) electrons. The van der Waals surface area contributed by atoms with Crippen molar-refractivity contribution in [2.75, 3.05) is 19.6 Å². The highest BCUT2D eigenvalue weighted by Crippen LogP contribution is 2.37. The first-order valence-corrected chi connectivity index (χ1v) is 8.94. The summed E-state index contributed by atoms with van der Waals surface area (Å²) in [6.07, 6.45) is 9.05. The summed E-state index contributed by atoms with van der Waals surface area (Å²) in [7, 11) is 0. The summed E-state index contributed by atoms with van der Waals surface area (Å²) >= 11 is 0. The number of ether oxygens (including phenoxy) is 1. The van der Waals surface area contributed by atoms with Crippen LogP contribution in [0.2, 0.25) is 0 Å². The summed E-state index contributed by atoms with van der Waals surface area (Å²) in [6.45, 7) is 13.1. The van der Waals surface area contributed by atoms with Crippen LogP contribution in [0.15, 0.2) is 0 Å². The summed E-state index contributed by atoms with van der Waals surface area (Å²) in [5.74, 6) is 2.65. The molecule has 0 aromatic heterocycles. The molecule has 118 valence electrons. The number of nitrogens with zero attached hydrogens (tertiary/aromatic N) is 1. The molecular formula is C18H35NO. The minimum Gasteiger partial charge on any atom is -0.375 e. The lowest BCUT2D eigenvalue weighted by atomic mass is 9.76. The lowest BCUT2D eigenvalue weighted by Gasteiger charge is -2.41. The second kappa shape index (κ2) is 7.79. The number of hydrogen-bond acceptors (Lipinski definition) is 2. The molecule has 20 heavy (non-hydrogen) atoms. The molecule has 0 spiro atoms. The fourth-order valence-electron chi connectivity index (χ4n) is 3.73. The van der Waals surface area contributed by atoms with Gasteiger partial charge in [0.15, 0.2) is 0 Å². The van der Waals surface area contributed by atoms with Crippen molar-refractivity contribution in [2.45, 2.75) is 78.4 Å². The molecule has 2 aliphatic rings. The van der Waals surface area contributed by atoms with Crippen LogP contribution in [-0.4, -0.2) is 36.7 Å². The van der Waals surface area contributed by atoms with Crippen LogP contribution in [0.1, 0.15) is 66.2 Å². The van der Waals surface area contributed by atoms with Gasteiger partial charge >= 0.3 is 0 Å². The number of hydrogen-bond donors (Lipinski definition) is 0. The normalized spacial score (nSPS) is 30.4. The van der Waals surface area contributed by atoms with E-state index in [1.54, 1.807) is 0 Å². The van der Waals surface area contributed by atoms with Crippen LogP contribution in [0, 0.1) is 17.8 Å². The van der Waals surface area contributed by atoms with Gasteiger partial charge in [0.25, 0.3) is 0 Å². The van der Waals surface area contributed by atoms with Crippen molar-refractivity contribution in [1.82, 2.24) is 4.90 Å². The molecule has 1 aliphatic carbocycles. The lowest BCUT2D eigenvalue weighted by Crippen LogP contribution is -2.42.